The molecule has 0 N–H and O–H groups in total. The number of hydrogen-bond acceptors (Lipinski definition) is 3. The van der Waals surface area contributed by atoms with Crippen molar-refractivity contribution in [2.75, 3.05) is 19.7 Å². The number of likely N-dealkylation sites (tertiary alicyclic amines) is 1. The molecule has 0 bridgehead atoms. The summed E-state index contributed by atoms with van der Waals surface area (Å²) in [5.41, 5.74) is -0.210. The Morgan fingerprint density at radius 1 is 1.32 bits per heavy atom. The van der Waals surface area contributed by atoms with Crippen LogP contribution in [0.5, 0.6) is 0 Å². The van der Waals surface area contributed by atoms with Crippen LogP contribution in [0.3, 0.4) is 0 Å². The molecule has 1 aromatic rings. The maximum atomic E-state index is 13.9. The van der Waals surface area contributed by atoms with E-state index in [9.17, 15) is 13.6 Å². The standard InChI is InChI=1S/C16H18F2N2O2/c17-12-4-1-3-11(15(12)18)10-19-7-5-16-13(19)9-14(21)20(16)6-2-8-22-16/h1,3-4,13H,2,5-10H2/t13-,16+/m1/s1. The lowest BCUT2D eigenvalue weighted by Gasteiger charge is -2.42. The predicted molar refractivity (Wildman–Crippen MR) is 74.8 cm³/mol. The number of benzene rings is 1. The van der Waals surface area contributed by atoms with Crippen molar-refractivity contribution in [2.24, 2.45) is 0 Å². The van der Waals surface area contributed by atoms with Crippen molar-refractivity contribution in [3.05, 3.63) is 35.4 Å². The molecular formula is C16H18F2N2O2. The van der Waals surface area contributed by atoms with Gasteiger partial charge in [0.15, 0.2) is 17.4 Å². The first-order valence-electron chi connectivity index (χ1n) is 7.73. The Morgan fingerprint density at radius 3 is 3.05 bits per heavy atom. The lowest BCUT2D eigenvalue weighted by atomic mass is 10.0. The summed E-state index contributed by atoms with van der Waals surface area (Å²) in [7, 11) is 0. The monoisotopic (exact) mass is 308 g/mol. The van der Waals surface area contributed by atoms with Crippen LogP contribution in [0.4, 0.5) is 8.78 Å². The maximum absolute atomic E-state index is 13.9. The third-order valence-corrected chi connectivity index (χ3v) is 5.13. The van der Waals surface area contributed by atoms with Gasteiger partial charge in [0, 0.05) is 38.0 Å². The molecule has 118 valence electrons. The number of halogens is 2. The Kier molecular flexibility index (Phi) is 3.20. The summed E-state index contributed by atoms with van der Waals surface area (Å²) in [5, 5.41) is 0. The number of amides is 1. The smallest absolute Gasteiger partial charge is 0.226 e. The van der Waals surface area contributed by atoms with Crippen LogP contribution in [0.1, 0.15) is 24.8 Å². The zero-order valence-electron chi connectivity index (χ0n) is 12.2. The van der Waals surface area contributed by atoms with Crippen molar-refractivity contribution in [3.8, 4) is 0 Å². The van der Waals surface area contributed by atoms with Gasteiger partial charge >= 0.3 is 0 Å². The molecule has 1 spiro atoms. The highest BCUT2D eigenvalue weighted by molar-refractivity contribution is 5.81. The van der Waals surface area contributed by atoms with Gasteiger partial charge in [0.2, 0.25) is 5.91 Å². The lowest BCUT2D eigenvalue weighted by Crippen LogP contribution is -2.56. The summed E-state index contributed by atoms with van der Waals surface area (Å²) in [6, 6.07) is 4.17. The predicted octanol–water partition coefficient (Wildman–Crippen LogP) is 1.89. The summed E-state index contributed by atoms with van der Waals surface area (Å²) in [5.74, 6) is -1.52. The number of carbonyl (C=O) groups excluding carboxylic acids is 1. The van der Waals surface area contributed by atoms with Gasteiger partial charge in [-0.05, 0) is 12.5 Å². The van der Waals surface area contributed by atoms with Crippen molar-refractivity contribution in [2.45, 2.75) is 37.6 Å². The minimum Gasteiger partial charge on any atom is -0.354 e. The Hall–Kier alpha value is -1.53. The van der Waals surface area contributed by atoms with Crippen LogP contribution in [0.25, 0.3) is 0 Å². The largest absolute Gasteiger partial charge is 0.354 e. The van der Waals surface area contributed by atoms with Crippen molar-refractivity contribution < 1.29 is 18.3 Å². The van der Waals surface area contributed by atoms with Crippen molar-refractivity contribution >= 4 is 5.91 Å². The topological polar surface area (TPSA) is 32.8 Å². The quantitative estimate of drug-likeness (QED) is 0.836. The highest BCUT2D eigenvalue weighted by Gasteiger charge is 2.60. The fraction of sp³-hybridized carbons (Fsp3) is 0.562. The molecule has 22 heavy (non-hydrogen) atoms. The molecule has 3 aliphatic heterocycles. The fourth-order valence-electron chi connectivity index (χ4n) is 4.11. The minimum atomic E-state index is -0.829. The molecule has 3 fully saturated rings. The fourth-order valence-corrected chi connectivity index (χ4v) is 4.11. The van der Waals surface area contributed by atoms with E-state index in [2.05, 4.69) is 4.90 Å². The van der Waals surface area contributed by atoms with Crippen LogP contribution in [-0.4, -0.2) is 47.2 Å². The van der Waals surface area contributed by atoms with Gasteiger partial charge in [0.1, 0.15) is 0 Å². The molecule has 1 aromatic carbocycles. The first-order valence-corrected chi connectivity index (χ1v) is 7.73. The van der Waals surface area contributed by atoms with Crippen LogP contribution in [0.15, 0.2) is 18.2 Å². The third kappa shape index (κ3) is 1.90. The van der Waals surface area contributed by atoms with Gasteiger partial charge in [-0.1, -0.05) is 12.1 Å². The second-order valence-electron chi connectivity index (χ2n) is 6.25. The molecule has 1 amide bonds. The summed E-state index contributed by atoms with van der Waals surface area (Å²) in [4.78, 5) is 16.1. The van der Waals surface area contributed by atoms with Crippen LogP contribution >= 0.6 is 0 Å². The first-order chi connectivity index (χ1) is 10.6. The number of hydrogen-bond donors (Lipinski definition) is 0. The van der Waals surface area contributed by atoms with Gasteiger partial charge < -0.3 is 9.64 Å². The number of rotatable bonds is 2. The summed E-state index contributed by atoms with van der Waals surface area (Å²) >= 11 is 0. The van der Waals surface area contributed by atoms with Crippen molar-refractivity contribution in [1.29, 1.82) is 0 Å². The van der Waals surface area contributed by atoms with E-state index >= 15 is 0 Å². The average Bonchev–Trinajstić information content (AvgIpc) is 2.98. The van der Waals surface area contributed by atoms with Gasteiger partial charge in [-0.3, -0.25) is 9.69 Å². The molecule has 0 aliphatic carbocycles. The molecule has 6 heteroatoms. The molecule has 0 unspecified atom stereocenters. The highest BCUT2D eigenvalue weighted by Crippen LogP contribution is 2.45. The van der Waals surface area contributed by atoms with E-state index in [-0.39, 0.29) is 11.9 Å². The second kappa shape index (κ2) is 4.99. The normalized spacial score (nSPS) is 31.5. The van der Waals surface area contributed by atoms with E-state index in [1.54, 1.807) is 6.07 Å². The molecule has 3 saturated heterocycles. The number of carbonyl (C=O) groups is 1. The Bertz CT molecular complexity index is 624. The Labute approximate surface area is 127 Å². The molecule has 3 aliphatic rings. The number of ether oxygens (including phenoxy) is 1. The molecule has 2 atom stereocenters. The van der Waals surface area contributed by atoms with Crippen molar-refractivity contribution in [3.63, 3.8) is 0 Å². The summed E-state index contributed by atoms with van der Waals surface area (Å²) in [6.45, 7) is 2.42. The molecule has 4 nitrogen and oxygen atoms in total. The zero-order valence-corrected chi connectivity index (χ0v) is 12.2. The van der Waals surface area contributed by atoms with Crippen LogP contribution < -0.4 is 0 Å². The second-order valence-corrected chi connectivity index (χ2v) is 6.25. The van der Waals surface area contributed by atoms with Crippen LogP contribution in [-0.2, 0) is 16.1 Å². The SMILES string of the molecule is O=C1C[C@H]2N(Cc3cccc(F)c3F)CC[C@]23OCCCN13. The Balaban J connectivity index is 1.60. The zero-order chi connectivity index (χ0) is 15.3. The summed E-state index contributed by atoms with van der Waals surface area (Å²) in [6.07, 6.45) is 2.00. The van der Waals surface area contributed by atoms with Gasteiger partial charge in [-0.15, -0.1) is 0 Å². The van der Waals surface area contributed by atoms with E-state index in [1.165, 1.54) is 6.07 Å². The summed E-state index contributed by atoms with van der Waals surface area (Å²) < 4.78 is 33.3. The third-order valence-electron chi connectivity index (χ3n) is 5.13. The Morgan fingerprint density at radius 2 is 2.18 bits per heavy atom. The van der Waals surface area contributed by atoms with Crippen molar-refractivity contribution in [1.82, 2.24) is 9.80 Å². The van der Waals surface area contributed by atoms with Gasteiger partial charge in [0.05, 0.1) is 12.6 Å². The first kappa shape index (κ1) is 14.1. The molecule has 0 saturated carbocycles. The maximum Gasteiger partial charge on any atom is 0.226 e. The van der Waals surface area contributed by atoms with E-state index in [0.29, 0.717) is 25.1 Å². The van der Waals surface area contributed by atoms with Crippen LogP contribution in [0, 0.1) is 11.6 Å². The van der Waals surface area contributed by atoms with E-state index in [1.807, 2.05) is 4.90 Å². The van der Waals surface area contributed by atoms with Gasteiger partial charge in [-0.25, -0.2) is 8.78 Å². The average molecular weight is 308 g/mol. The van der Waals surface area contributed by atoms with E-state index in [4.69, 9.17) is 4.74 Å². The van der Waals surface area contributed by atoms with Gasteiger partial charge in [0.25, 0.3) is 0 Å². The minimum absolute atomic E-state index is 0.0667. The van der Waals surface area contributed by atoms with E-state index in [0.717, 1.165) is 32.0 Å². The lowest BCUT2D eigenvalue weighted by molar-refractivity contribution is -0.180. The molecule has 0 radical (unpaired) electrons. The molecule has 0 aromatic heterocycles. The highest BCUT2D eigenvalue weighted by atomic mass is 19.2. The van der Waals surface area contributed by atoms with E-state index < -0.39 is 17.4 Å². The van der Waals surface area contributed by atoms with Crippen LogP contribution in [0.2, 0.25) is 0 Å². The molecule has 3 heterocycles. The molecular weight excluding hydrogens is 290 g/mol. The number of nitrogens with zero attached hydrogens (tertiary/aromatic N) is 2. The molecule has 4 rings (SSSR count). The van der Waals surface area contributed by atoms with Gasteiger partial charge in [-0.2, -0.15) is 0 Å².